The number of non-ortho nitro benzene ring substituents is 1. The largest absolute Gasteiger partial charge is 0.504 e. The topological polar surface area (TPSA) is 92.9 Å². The maximum Gasteiger partial charge on any atom is 0.274 e. The predicted molar refractivity (Wildman–Crippen MR) is 86.9 cm³/mol. The molecule has 22 heavy (non-hydrogen) atoms. The number of amides is 1. The number of thioether (sulfide) groups is 1. The van der Waals surface area contributed by atoms with Crippen molar-refractivity contribution in [1.29, 1.82) is 0 Å². The van der Waals surface area contributed by atoms with Crippen molar-refractivity contribution in [2.45, 2.75) is 6.92 Å². The molecule has 9 heteroatoms. The number of methoxy groups -OCH3 is 1. The zero-order chi connectivity index (χ0) is 16.4. The summed E-state index contributed by atoms with van der Waals surface area (Å²) in [4.78, 5) is 24.2. The Morgan fingerprint density at radius 2 is 2.23 bits per heavy atom. The van der Waals surface area contributed by atoms with Crippen LogP contribution in [0.2, 0.25) is 0 Å². The van der Waals surface area contributed by atoms with Gasteiger partial charge in [0, 0.05) is 18.2 Å². The van der Waals surface area contributed by atoms with Gasteiger partial charge in [-0.3, -0.25) is 19.8 Å². The number of hydrogen-bond acceptors (Lipinski definition) is 7. The third-order valence-corrected chi connectivity index (χ3v) is 4.37. The summed E-state index contributed by atoms with van der Waals surface area (Å²) in [6.45, 7) is 2.23. The molecular weight excluding hydrogens is 328 g/mol. The van der Waals surface area contributed by atoms with E-state index in [0.29, 0.717) is 15.8 Å². The van der Waals surface area contributed by atoms with Crippen molar-refractivity contribution in [1.82, 2.24) is 4.90 Å². The molecular formula is C13H12N2O5S2. The fourth-order valence-electron chi connectivity index (χ4n) is 1.90. The number of nitro groups is 1. The van der Waals surface area contributed by atoms with Gasteiger partial charge < -0.3 is 9.84 Å². The van der Waals surface area contributed by atoms with E-state index in [1.165, 1.54) is 24.2 Å². The number of hydrogen-bond donors (Lipinski definition) is 1. The number of benzene rings is 1. The van der Waals surface area contributed by atoms with Gasteiger partial charge in [0.2, 0.25) is 0 Å². The van der Waals surface area contributed by atoms with Gasteiger partial charge in [0.1, 0.15) is 4.32 Å². The van der Waals surface area contributed by atoms with Gasteiger partial charge in [0.25, 0.3) is 11.6 Å². The standard InChI is InChI=1S/C13H12N2O5S2/c1-3-14-12(17)10(22-13(14)21)5-7-4-8(15(18)19)6-9(20-2)11(7)16/h4-6,16H,3H2,1-2H3. The summed E-state index contributed by atoms with van der Waals surface area (Å²) in [5.41, 5.74) is -0.116. The summed E-state index contributed by atoms with van der Waals surface area (Å²) >= 11 is 6.18. The van der Waals surface area contributed by atoms with E-state index in [2.05, 4.69) is 0 Å². The maximum absolute atomic E-state index is 12.1. The Bertz CT molecular complexity index is 702. The fourth-order valence-corrected chi connectivity index (χ4v) is 3.27. The van der Waals surface area contributed by atoms with E-state index in [1.807, 2.05) is 0 Å². The summed E-state index contributed by atoms with van der Waals surface area (Å²) in [7, 11) is 1.29. The molecule has 0 atom stereocenters. The predicted octanol–water partition coefficient (Wildman–Crippen LogP) is 2.53. The van der Waals surface area contributed by atoms with Crippen molar-refractivity contribution < 1.29 is 19.6 Å². The Balaban J connectivity index is 2.51. The Hall–Kier alpha value is -2.13. The number of nitrogens with zero attached hydrogens (tertiary/aromatic N) is 2. The number of phenolic OH excluding ortho intramolecular Hbond substituents is 1. The zero-order valence-corrected chi connectivity index (χ0v) is 13.4. The van der Waals surface area contributed by atoms with E-state index >= 15 is 0 Å². The molecule has 0 aromatic heterocycles. The van der Waals surface area contributed by atoms with E-state index in [4.69, 9.17) is 17.0 Å². The highest BCUT2D eigenvalue weighted by Gasteiger charge is 2.31. The lowest BCUT2D eigenvalue weighted by atomic mass is 10.1. The average Bonchev–Trinajstić information content (AvgIpc) is 2.74. The first kappa shape index (κ1) is 16.2. The monoisotopic (exact) mass is 340 g/mol. The van der Waals surface area contributed by atoms with Crippen molar-refractivity contribution >= 4 is 46.0 Å². The number of carbonyl (C=O) groups is 1. The van der Waals surface area contributed by atoms with Crippen LogP contribution < -0.4 is 4.74 Å². The van der Waals surface area contributed by atoms with Crippen molar-refractivity contribution in [3.8, 4) is 11.5 Å². The minimum Gasteiger partial charge on any atom is -0.504 e. The molecule has 1 N–H and O–H groups in total. The molecule has 1 heterocycles. The van der Waals surface area contributed by atoms with Crippen LogP contribution in [0.1, 0.15) is 12.5 Å². The second-order valence-corrected chi connectivity index (χ2v) is 5.94. The van der Waals surface area contributed by atoms with Crippen LogP contribution in [0.25, 0.3) is 6.08 Å². The summed E-state index contributed by atoms with van der Waals surface area (Å²) in [5.74, 6) is -0.594. The van der Waals surface area contributed by atoms with Crippen molar-refractivity contribution in [3.63, 3.8) is 0 Å². The SMILES string of the molecule is CCN1C(=O)C(=Cc2cc([N+](=O)[O-])cc(OC)c2O)SC1=S. The van der Waals surface area contributed by atoms with Gasteiger partial charge in [-0.25, -0.2) is 0 Å². The Morgan fingerprint density at radius 1 is 1.55 bits per heavy atom. The van der Waals surface area contributed by atoms with Gasteiger partial charge in [0.15, 0.2) is 11.5 Å². The fraction of sp³-hybridized carbons (Fsp3) is 0.231. The molecule has 1 aliphatic rings. The molecule has 0 bridgehead atoms. The molecule has 1 fully saturated rings. The third-order valence-electron chi connectivity index (χ3n) is 3.00. The third kappa shape index (κ3) is 2.90. The van der Waals surface area contributed by atoms with E-state index in [9.17, 15) is 20.0 Å². The van der Waals surface area contributed by atoms with E-state index in [0.717, 1.165) is 17.8 Å². The van der Waals surface area contributed by atoms with Gasteiger partial charge in [-0.2, -0.15) is 0 Å². The lowest BCUT2D eigenvalue weighted by molar-refractivity contribution is -0.385. The van der Waals surface area contributed by atoms with Gasteiger partial charge in [0.05, 0.1) is 23.0 Å². The van der Waals surface area contributed by atoms with Gasteiger partial charge in [-0.15, -0.1) is 0 Å². The summed E-state index contributed by atoms with van der Waals surface area (Å²) < 4.78 is 5.33. The van der Waals surface area contributed by atoms with Crippen LogP contribution in [0, 0.1) is 10.1 Å². The van der Waals surface area contributed by atoms with Gasteiger partial charge >= 0.3 is 0 Å². The van der Waals surface area contributed by atoms with Crippen molar-refractivity contribution in [2.24, 2.45) is 0 Å². The number of aromatic hydroxyl groups is 1. The molecule has 1 aromatic carbocycles. The smallest absolute Gasteiger partial charge is 0.274 e. The maximum atomic E-state index is 12.1. The minimum absolute atomic E-state index is 0.0357. The quantitative estimate of drug-likeness (QED) is 0.389. The second-order valence-electron chi connectivity index (χ2n) is 4.27. The molecule has 1 aliphatic heterocycles. The van der Waals surface area contributed by atoms with Gasteiger partial charge in [-0.05, 0) is 13.0 Å². The molecule has 1 saturated heterocycles. The van der Waals surface area contributed by atoms with Crippen molar-refractivity contribution in [2.75, 3.05) is 13.7 Å². The first-order valence-electron chi connectivity index (χ1n) is 6.19. The molecule has 7 nitrogen and oxygen atoms in total. The van der Waals surface area contributed by atoms with Crippen molar-refractivity contribution in [3.05, 3.63) is 32.7 Å². The van der Waals surface area contributed by atoms with Gasteiger partial charge in [-0.1, -0.05) is 24.0 Å². The average molecular weight is 340 g/mol. The number of phenols is 1. The molecule has 2 rings (SSSR count). The molecule has 116 valence electrons. The Kier molecular flexibility index (Phi) is 4.67. The highest BCUT2D eigenvalue weighted by molar-refractivity contribution is 8.26. The molecule has 0 spiro atoms. The zero-order valence-electron chi connectivity index (χ0n) is 11.7. The van der Waals surface area contributed by atoms with Crippen LogP contribution in [-0.2, 0) is 4.79 Å². The molecule has 1 aromatic rings. The van der Waals surface area contributed by atoms with E-state index < -0.39 is 4.92 Å². The molecule has 0 unspecified atom stereocenters. The molecule has 0 aliphatic carbocycles. The lowest BCUT2D eigenvalue weighted by Gasteiger charge is -2.09. The number of likely N-dealkylation sites (N-methyl/N-ethyl adjacent to an activating group) is 1. The molecule has 0 saturated carbocycles. The number of ether oxygens (including phenoxy) is 1. The summed E-state index contributed by atoms with van der Waals surface area (Å²) in [6, 6.07) is 2.29. The van der Waals surface area contributed by atoms with E-state index in [1.54, 1.807) is 6.92 Å². The lowest BCUT2D eigenvalue weighted by Crippen LogP contribution is -2.27. The number of thiocarbonyl (C=S) groups is 1. The van der Waals surface area contributed by atoms with Crippen LogP contribution in [0.4, 0.5) is 5.69 Å². The summed E-state index contributed by atoms with van der Waals surface area (Å²) in [6.07, 6.45) is 1.37. The highest BCUT2D eigenvalue weighted by Crippen LogP contribution is 2.39. The molecule has 1 amide bonds. The van der Waals surface area contributed by atoms with Crippen LogP contribution in [0.3, 0.4) is 0 Å². The van der Waals surface area contributed by atoms with Crippen LogP contribution in [0.5, 0.6) is 11.5 Å². The molecule has 0 radical (unpaired) electrons. The highest BCUT2D eigenvalue weighted by atomic mass is 32.2. The van der Waals surface area contributed by atoms with Crippen LogP contribution >= 0.6 is 24.0 Å². The van der Waals surface area contributed by atoms with E-state index in [-0.39, 0.29) is 28.7 Å². The second kappa shape index (κ2) is 6.32. The number of carbonyl (C=O) groups excluding carboxylic acids is 1. The van der Waals surface area contributed by atoms with Crippen LogP contribution in [0.15, 0.2) is 17.0 Å². The number of rotatable bonds is 4. The summed E-state index contributed by atoms with van der Waals surface area (Å²) in [5, 5.41) is 21.0. The Labute approximate surface area is 135 Å². The first-order chi connectivity index (χ1) is 10.4. The van der Waals surface area contributed by atoms with Crippen LogP contribution in [-0.4, -0.2) is 38.8 Å². The Morgan fingerprint density at radius 3 is 2.73 bits per heavy atom. The minimum atomic E-state index is -0.601. The first-order valence-corrected chi connectivity index (χ1v) is 7.42. The normalized spacial score (nSPS) is 16.5. The number of nitro benzene ring substituents is 1.